The predicted molar refractivity (Wildman–Crippen MR) is 272 cm³/mol. The third-order valence-corrected chi connectivity index (χ3v) is 11.7. The minimum absolute atomic E-state index is 0.270. The molecule has 0 spiro atoms. The van der Waals surface area contributed by atoms with Crippen molar-refractivity contribution in [2.75, 3.05) is 23.8 Å². The molecule has 0 atom stereocenters. The monoisotopic (exact) mass is 896 g/mol. The van der Waals surface area contributed by atoms with Gasteiger partial charge in [-0.2, -0.15) is 0 Å². The number of benzene rings is 6. The van der Waals surface area contributed by atoms with Gasteiger partial charge in [0.15, 0.2) is 36.4 Å². The number of nitrogens with zero attached hydrogens (tertiary/aromatic N) is 4. The number of hydrogen-bond acceptors (Lipinski definition) is 8. The highest BCUT2D eigenvalue weighted by molar-refractivity contribution is 6.24. The van der Waals surface area contributed by atoms with Crippen LogP contribution in [0.15, 0.2) is 216 Å². The number of rotatable bonds is 16. The van der Waals surface area contributed by atoms with Gasteiger partial charge in [0.2, 0.25) is 0 Å². The second-order valence-electron chi connectivity index (χ2n) is 16.4. The molecule has 0 fully saturated rings. The molecule has 0 saturated heterocycles. The smallest absolute Gasteiger partial charge is 0.199 e. The molecule has 3 heterocycles. The van der Waals surface area contributed by atoms with E-state index in [-0.39, 0.29) is 11.6 Å². The average Bonchev–Trinajstić information content (AvgIpc) is 3.38. The van der Waals surface area contributed by atoms with Gasteiger partial charge in [-0.05, 0) is 82.9 Å². The largest absolute Gasteiger partial charge is 0.493 e. The number of pyridine rings is 2. The summed E-state index contributed by atoms with van der Waals surface area (Å²) in [6, 6.07) is 50.6. The molecule has 0 amide bonds. The van der Waals surface area contributed by atoms with E-state index in [9.17, 15) is 9.59 Å². The number of nitrogens with one attached hydrogen (secondary N) is 2. The zero-order chi connectivity index (χ0) is 46.3. The minimum atomic E-state index is -0.270. The van der Waals surface area contributed by atoms with E-state index in [4.69, 9.17) is 19.5 Å². The lowest BCUT2D eigenvalue weighted by atomic mass is 10.0. The highest BCUT2D eigenvalue weighted by atomic mass is 16.5. The predicted octanol–water partition coefficient (Wildman–Crippen LogP) is 11.8. The molecule has 9 rings (SSSR count). The summed E-state index contributed by atoms with van der Waals surface area (Å²) in [6.07, 6.45) is 18.2. The third kappa shape index (κ3) is 11.3. The van der Waals surface area contributed by atoms with Crippen LogP contribution < -0.4 is 29.2 Å². The molecule has 0 aliphatic carbocycles. The van der Waals surface area contributed by atoms with Crippen LogP contribution in [-0.4, -0.2) is 37.2 Å². The summed E-state index contributed by atoms with van der Waals surface area (Å²) in [6.45, 7) is 2.66. The first kappa shape index (κ1) is 44.7. The van der Waals surface area contributed by atoms with Crippen molar-refractivity contribution >= 4 is 68.3 Å². The van der Waals surface area contributed by atoms with Crippen LogP contribution in [0.4, 0.5) is 22.7 Å². The van der Waals surface area contributed by atoms with E-state index in [0.29, 0.717) is 69.7 Å². The van der Waals surface area contributed by atoms with Crippen LogP contribution in [-0.2, 0) is 13.1 Å². The van der Waals surface area contributed by atoms with Crippen LogP contribution in [0.1, 0.15) is 46.4 Å². The number of ether oxygens (including phenoxy) is 2. The highest BCUT2D eigenvalue weighted by Gasteiger charge is 2.20. The fraction of sp³-hybridized carbons (Fsp3) is 0.138. The lowest BCUT2D eigenvalue weighted by molar-refractivity contribution is -0.697. The van der Waals surface area contributed by atoms with Gasteiger partial charge in [0.1, 0.15) is 24.6 Å². The van der Waals surface area contributed by atoms with Crippen LogP contribution in [0.2, 0.25) is 0 Å². The normalized spacial score (nSPS) is 12.4. The molecular weight excluding hydrogens is 845 g/mol. The van der Waals surface area contributed by atoms with E-state index in [0.717, 1.165) is 60.3 Å². The minimum Gasteiger partial charge on any atom is -0.493 e. The fourth-order valence-corrected chi connectivity index (χ4v) is 8.01. The molecule has 10 heteroatoms. The van der Waals surface area contributed by atoms with Crippen LogP contribution in [0.3, 0.4) is 0 Å². The summed E-state index contributed by atoms with van der Waals surface area (Å²) in [5.74, 6) is 0.459. The van der Waals surface area contributed by atoms with Gasteiger partial charge in [-0.1, -0.05) is 84.9 Å². The highest BCUT2D eigenvalue weighted by Crippen LogP contribution is 2.35. The zero-order valence-electron chi connectivity index (χ0n) is 37.7. The van der Waals surface area contributed by atoms with E-state index in [2.05, 4.69) is 44.6 Å². The van der Waals surface area contributed by atoms with Gasteiger partial charge in [-0.25, -0.2) is 9.13 Å². The zero-order valence-corrected chi connectivity index (χ0v) is 37.7. The quantitative estimate of drug-likeness (QED) is 0.0568. The van der Waals surface area contributed by atoms with Gasteiger partial charge in [-0.3, -0.25) is 19.6 Å². The topological polar surface area (TPSA) is 109 Å². The molecule has 0 saturated carbocycles. The number of aryl methyl sites for hydroxylation is 2. The molecule has 6 aromatic carbocycles. The summed E-state index contributed by atoms with van der Waals surface area (Å²) in [5, 5.41) is 10.7. The maximum Gasteiger partial charge on any atom is 0.199 e. The first-order valence-corrected chi connectivity index (χ1v) is 23.0. The lowest BCUT2D eigenvalue weighted by Gasteiger charge is -2.15. The summed E-state index contributed by atoms with van der Waals surface area (Å²) < 4.78 is 16.9. The third-order valence-electron chi connectivity index (χ3n) is 11.7. The number of anilines is 2. The van der Waals surface area contributed by atoms with Gasteiger partial charge in [0.05, 0.1) is 58.2 Å². The van der Waals surface area contributed by atoms with Crippen molar-refractivity contribution in [1.82, 2.24) is 0 Å². The fourth-order valence-electron chi connectivity index (χ4n) is 8.01. The number of carbonyl (C=O) groups is 2. The van der Waals surface area contributed by atoms with Gasteiger partial charge in [-0.15, -0.1) is 0 Å². The molecule has 0 radical (unpaired) electrons. The van der Waals surface area contributed by atoms with E-state index in [1.807, 2.05) is 146 Å². The lowest BCUT2D eigenvalue weighted by Crippen LogP contribution is -2.32. The number of unbranched alkanes of at least 4 members (excludes halogenated alkanes) is 2. The van der Waals surface area contributed by atoms with E-state index >= 15 is 0 Å². The number of fused-ring (bicyclic) bond motifs is 4. The number of ketones is 2. The first-order valence-electron chi connectivity index (χ1n) is 23.0. The van der Waals surface area contributed by atoms with Crippen LogP contribution in [0.5, 0.6) is 11.5 Å². The molecule has 1 aliphatic heterocycles. The number of Topliss-reactive ketones (excluding diaryl/α,β-unsaturated/α-hetero) is 2. The molecular formula is C58H52N6O4+2. The van der Waals surface area contributed by atoms with Crippen molar-refractivity contribution in [3.8, 4) is 11.5 Å². The Kier molecular flexibility index (Phi) is 14.5. The molecule has 2 aromatic heterocycles. The van der Waals surface area contributed by atoms with E-state index in [1.54, 1.807) is 37.0 Å². The van der Waals surface area contributed by atoms with Crippen molar-refractivity contribution in [3.05, 3.63) is 217 Å². The molecule has 0 bridgehead atoms. The van der Waals surface area contributed by atoms with Gasteiger partial charge in [0, 0.05) is 61.9 Å². The molecule has 0 unspecified atom stereocenters. The van der Waals surface area contributed by atoms with Crippen molar-refractivity contribution in [2.24, 2.45) is 9.98 Å². The molecule has 8 aromatic rings. The maximum absolute atomic E-state index is 14.7. The maximum atomic E-state index is 14.7. The molecule has 1 aliphatic rings. The number of carbonyl (C=O) groups excluding carboxylic acids is 2. The standard InChI is InChI=1S/C58H50N6O4/c65-57(49-23-7-9-25-55(49)67-33-17-15-31-63-27-11-1-12-28-63)47-39-59-51-35-43-19-3-5-21-45(43)37-53(51)61-41-48(42-62-54-38-46-22-6-4-20-44(46)36-52(54)60-40-47)58(66)50-24-8-10-26-56(50)68-34-18-16-32-64-29-13-2-14-30-64/h1-14,19-30,35-42H,15-18,31-34H2/p+2. The number of hydrogen-bond donors (Lipinski definition) is 2. The Balaban J connectivity index is 1.05. The second-order valence-corrected chi connectivity index (χ2v) is 16.4. The summed E-state index contributed by atoms with van der Waals surface area (Å²) in [7, 11) is 0. The van der Waals surface area contributed by atoms with Crippen molar-refractivity contribution in [2.45, 2.75) is 38.8 Å². The Morgan fingerprint density at radius 3 is 1.25 bits per heavy atom. The van der Waals surface area contributed by atoms with Crippen molar-refractivity contribution in [1.29, 1.82) is 0 Å². The van der Waals surface area contributed by atoms with Gasteiger partial charge >= 0.3 is 0 Å². The Morgan fingerprint density at radius 2 is 0.824 bits per heavy atom. The van der Waals surface area contributed by atoms with Crippen molar-refractivity contribution in [3.63, 3.8) is 0 Å². The number of para-hydroxylation sites is 2. The SMILES string of the molecule is O=C(C1=CNc2cc3ccccc3cc2NC=C(C(=O)c2ccccc2OCCCC[n+]2ccccc2)C=Nc2cc3ccccc3cc2N=C1)c1ccccc1OCCCC[n+]1ccccc1. The van der Waals surface area contributed by atoms with Crippen LogP contribution in [0.25, 0.3) is 21.5 Å². The number of aromatic nitrogens is 2. The number of allylic oxidation sites excluding steroid dienone is 2. The van der Waals surface area contributed by atoms with Gasteiger partial charge < -0.3 is 20.1 Å². The molecule has 10 nitrogen and oxygen atoms in total. The van der Waals surface area contributed by atoms with Crippen molar-refractivity contribution < 1.29 is 28.2 Å². The van der Waals surface area contributed by atoms with Gasteiger partial charge in [0.25, 0.3) is 0 Å². The summed E-state index contributed by atoms with van der Waals surface area (Å²) in [4.78, 5) is 39.4. The second kappa shape index (κ2) is 22.1. The Bertz CT molecular complexity index is 2970. The summed E-state index contributed by atoms with van der Waals surface area (Å²) in [5.41, 5.74) is 3.79. The Labute approximate surface area is 396 Å². The Hall–Kier alpha value is -8.50. The number of aliphatic imine (C=N–C) groups is 2. The first-order chi connectivity index (χ1) is 33.6. The van der Waals surface area contributed by atoms with Crippen LogP contribution in [0, 0.1) is 0 Å². The molecule has 336 valence electrons. The molecule has 2 N–H and O–H groups in total. The Morgan fingerprint density at radius 1 is 0.441 bits per heavy atom. The van der Waals surface area contributed by atoms with E-state index < -0.39 is 0 Å². The molecule has 68 heavy (non-hydrogen) atoms. The van der Waals surface area contributed by atoms with Crippen LogP contribution >= 0.6 is 0 Å². The average molecular weight is 897 g/mol. The van der Waals surface area contributed by atoms with E-state index in [1.165, 1.54) is 0 Å². The summed E-state index contributed by atoms with van der Waals surface area (Å²) >= 11 is 0.